The SMILES string of the molecule is CCOC(=O)c1ccc(NC(=O)CC2C(=O)N(Cc3ccccc3)C(=S)N2Cc2ccc3c(c2)OCO3)cc1. The maximum atomic E-state index is 13.6. The minimum Gasteiger partial charge on any atom is -0.462 e. The molecule has 0 aliphatic carbocycles. The molecule has 9 nitrogen and oxygen atoms in total. The quantitative estimate of drug-likeness (QED) is 0.317. The van der Waals surface area contributed by atoms with Gasteiger partial charge < -0.3 is 24.4 Å². The van der Waals surface area contributed by atoms with Crippen LogP contribution in [0.15, 0.2) is 72.8 Å². The molecule has 1 fully saturated rings. The standard InChI is InChI=1S/C29H27N3O6S/c1-2-36-28(35)21-9-11-22(12-10-21)30-26(33)15-23-27(34)32(16-19-6-4-3-5-7-19)29(39)31(23)17-20-8-13-24-25(14-20)38-18-37-24/h3-14,23H,2,15-18H2,1H3,(H,30,33). The Balaban J connectivity index is 1.33. The maximum absolute atomic E-state index is 13.6. The van der Waals surface area contributed by atoms with E-state index < -0.39 is 12.0 Å². The van der Waals surface area contributed by atoms with Crippen LogP contribution >= 0.6 is 12.2 Å². The Kier molecular flexibility index (Phi) is 7.74. The second-order valence-electron chi connectivity index (χ2n) is 9.07. The Labute approximate surface area is 231 Å². The molecule has 0 aromatic heterocycles. The third kappa shape index (κ3) is 5.85. The zero-order chi connectivity index (χ0) is 27.4. The van der Waals surface area contributed by atoms with Crippen LogP contribution in [-0.4, -0.2) is 52.1 Å². The van der Waals surface area contributed by atoms with Gasteiger partial charge in [0.25, 0.3) is 5.91 Å². The van der Waals surface area contributed by atoms with E-state index in [-0.39, 0.29) is 31.6 Å². The van der Waals surface area contributed by atoms with Gasteiger partial charge in [-0.1, -0.05) is 36.4 Å². The minimum absolute atomic E-state index is 0.103. The number of carbonyl (C=O) groups is 3. The average Bonchev–Trinajstić information content (AvgIpc) is 3.49. The number of nitrogens with zero attached hydrogens (tertiary/aromatic N) is 2. The van der Waals surface area contributed by atoms with Crippen LogP contribution in [0.2, 0.25) is 0 Å². The van der Waals surface area contributed by atoms with Gasteiger partial charge in [0.1, 0.15) is 6.04 Å². The second kappa shape index (κ2) is 11.5. The Bertz CT molecular complexity index is 1400. The number of anilines is 1. The number of benzene rings is 3. The van der Waals surface area contributed by atoms with Gasteiger partial charge in [0.2, 0.25) is 12.7 Å². The summed E-state index contributed by atoms with van der Waals surface area (Å²) in [5.74, 6) is 0.271. The molecule has 2 amide bonds. The topological polar surface area (TPSA) is 97.4 Å². The highest BCUT2D eigenvalue weighted by Gasteiger charge is 2.43. The first kappa shape index (κ1) is 26.2. The highest BCUT2D eigenvalue weighted by molar-refractivity contribution is 7.80. The van der Waals surface area contributed by atoms with E-state index in [1.807, 2.05) is 48.5 Å². The van der Waals surface area contributed by atoms with Crippen molar-refractivity contribution in [2.75, 3.05) is 18.7 Å². The molecule has 2 aliphatic heterocycles. The van der Waals surface area contributed by atoms with Crippen molar-refractivity contribution in [3.63, 3.8) is 0 Å². The van der Waals surface area contributed by atoms with Gasteiger partial charge in [-0.05, 0) is 66.7 Å². The normalized spacial score (nSPS) is 16.0. The van der Waals surface area contributed by atoms with Crippen LogP contribution in [0.1, 0.15) is 34.8 Å². The van der Waals surface area contributed by atoms with Crippen molar-refractivity contribution in [1.29, 1.82) is 0 Å². The molecule has 2 aliphatic rings. The molecule has 5 rings (SSSR count). The molecular formula is C29H27N3O6S. The van der Waals surface area contributed by atoms with E-state index in [0.717, 1.165) is 11.1 Å². The molecule has 39 heavy (non-hydrogen) atoms. The lowest BCUT2D eigenvalue weighted by atomic mass is 10.1. The second-order valence-corrected chi connectivity index (χ2v) is 9.44. The number of rotatable bonds is 9. The van der Waals surface area contributed by atoms with E-state index in [9.17, 15) is 14.4 Å². The molecule has 10 heteroatoms. The van der Waals surface area contributed by atoms with E-state index in [1.54, 1.807) is 41.0 Å². The van der Waals surface area contributed by atoms with Crippen molar-refractivity contribution < 1.29 is 28.6 Å². The highest BCUT2D eigenvalue weighted by atomic mass is 32.1. The smallest absolute Gasteiger partial charge is 0.338 e. The number of carbonyl (C=O) groups excluding carboxylic acids is 3. The van der Waals surface area contributed by atoms with Gasteiger partial charge in [-0.25, -0.2) is 4.79 Å². The number of nitrogens with one attached hydrogen (secondary N) is 1. The van der Waals surface area contributed by atoms with Gasteiger partial charge in [-0.15, -0.1) is 0 Å². The molecule has 2 heterocycles. The van der Waals surface area contributed by atoms with Gasteiger partial charge in [0.05, 0.1) is 25.1 Å². The van der Waals surface area contributed by atoms with Gasteiger partial charge in [-0.2, -0.15) is 0 Å². The Morgan fingerprint density at radius 3 is 2.46 bits per heavy atom. The van der Waals surface area contributed by atoms with Crippen LogP contribution in [0.25, 0.3) is 0 Å². The van der Waals surface area contributed by atoms with Gasteiger partial charge in [0, 0.05) is 12.2 Å². The lowest BCUT2D eigenvalue weighted by Crippen LogP contribution is -2.37. The summed E-state index contributed by atoms with van der Waals surface area (Å²) in [7, 11) is 0. The van der Waals surface area contributed by atoms with Crippen molar-refractivity contribution in [2.45, 2.75) is 32.5 Å². The molecule has 0 spiro atoms. The number of hydrogen-bond acceptors (Lipinski definition) is 7. The monoisotopic (exact) mass is 545 g/mol. The zero-order valence-electron chi connectivity index (χ0n) is 21.3. The summed E-state index contributed by atoms with van der Waals surface area (Å²) in [5.41, 5.74) is 2.70. The van der Waals surface area contributed by atoms with E-state index in [1.165, 1.54) is 0 Å². The molecule has 200 valence electrons. The highest BCUT2D eigenvalue weighted by Crippen LogP contribution is 2.34. The predicted octanol–water partition coefficient (Wildman–Crippen LogP) is 4.12. The van der Waals surface area contributed by atoms with Crippen molar-refractivity contribution in [3.8, 4) is 11.5 Å². The van der Waals surface area contributed by atoms with Gasteiger partial charge in [-0.3, -0.25) is 14.5 Å². The van der Waals surface area contributed by atoms with Crippen molar-refractivity contribution in [1.82, 2.24) is 9.80 Å². The molecule has 3 aromatic carbocycles. The number of amides is 2. The van der Waals surface area contributed by atoms with Crippen molar-refractivity contribution in [3.05, 3.63) is 89.5 Å². The summed E-state index contributed by atoms with van der Waals surface area (Å²) in [5, 5.41) is 3.18. The summed E-state index contributed by atoms with van der Waals surface area (Å²) in [4.78, 5) is 41.9. The van der Waals surface area contributed by atoms with Crippen molar-refractivity contribution >= 4 is 40.8 Å². The largest absolute Gasteiger partial charge is 0.462 e. The summed E-state index contributed by atoms with van der Waals surface area (Å²) in [6, 6.07) is 20.8. The van der Waals surface area contributed by atoms with E-state index >= 15 is 0 Å². The van der Waals surface area contributed by atoms with Crippen LogP contribution < -0.4 is 14.8 Å². The summed E-state index contributed by atoms with van der Waals surface area (Å²) in [6.45, 7) is 2.80. The number of esters is 1. The van der Waals surface area contributed by atoms with E-state index in [4.69, 9.17) is 26.4 Å². The average molecular weight is 546 g/mol. The first-order valence-electron chi connectivity index (χ1n) is 12.5. The molecule has 1 atom stereocenters. The molecule has 3 aromatic rings. The number of fused-ring (bicyclic) bond motifs is 1. The fourth-order valence-corrected chi connectivity index (χ4v) is 4.86. The zero-order valence-corrected chi connectivity index (χ0v) is 22.1. The van der Waals surface area contributed by atoms with Crippen LogP contribution in [0.4, 0.5) is 5.69 Å². The molecule has 0 radical (unpaired) electrons. The van der Waals surface area contributed by atoms with Crippen LogP contribution in [0, 0.1) is 0 Å². The Hall–Kier alpha value is -4.44. The predicted molar refractivity (Wildman–Crippen MR) is 147 cm³/mol. The van der Waals surface area contributed by atoms with Crippen molar-refractivity contribution in [2.24, 2.45) is 0 Å². The van der Waals surface area contributed by atoms with Crippen LogP contribution in [0.5, 0.6) is 11.5 Å². The summed E-state index contributed by atoms with van der Waals surface area (Å²) in [6.07, 6.45) is -0.103. The maximum Gasteiger partial charge on any atom is 0.338 e. The molecule has 1 N–H and O–H groups in total. The number of thiocarbonyl (C=S) groups is 1. The van der Waals surface area contributed by atoms with Crippen LogP contribution in [0.3, 0.4) is 0 Å². The third-order valence-corrected chi connectivity index (χ3v) is 6.89. The molecule has 0 saturated carbocycles. The first-order valence-corrected chi connectivity index (χ1v) is 12.9. The summed E-state index contributed by atoms with van der Waals surface area (Å²) >= 11 is 5.76. The lowest BCUT2D eigenvalue weighted by molar-refractivity contribution is -0.131. The first-order chi connectivity index (χ1) is 18.9. The van der Waals surface area contributed by atoms with E-state index in [2.05, 4.69) is 5.32 Å². The lowest BCUT2D eigenvalue weighted by Gasteiger charge is -2.24. The van der Waals surface area contributed by atoms with Crippen LogP contribution in [-0.2, 0) is 27.4 Å². The molecule has 1 unspecified atom stereocenters. The third-order valence-electron chi connectivity index (χ3n) is 6.44. The molecular weight excluding hydrogens is 518 g/mol. The fourth-order valence-electron chi connectivity index (χ4n) is 4.51. The van der Waals surface area contributed by atoms with Gasteiger partial charge in [0.15, 0.2) is 16.6 Å². The van der Waals surface area contributed by atoms with E-state index in [0.29, 0.717) is 41.0 Å². The Morgan fingerprint density at radius 2 is 1.72 bits per heavy atom. The molecule has 0 bridgehead atoms. The fraction of sp³-hybridized carbons (Fsp3) is 0.241. The number of hydrogen-bond donors (Lipinski definition) is 1. The summed E-state index contributed by atoms with van der Waals surface area (Å²) < 4.78 is 15.9. The Morgan fingerprint density at radius 1 is 0.974 bits per heavy atom. The number of ether oxygens (including phenoxy) is 3. The van der Waals surface area contributed by atoms with Gasteiger partial charge >= 0.3 is 5.97 Å². The molecule has 1 saturated heterocycles. The minimum atomic E-state index is -0.787.